The fourth-order valence-corrected chi connectivity index (χ4v) is 3.24. The summed E-state index contributed by atoms with van der Waals surface area (Å²) in [5, 5.41) is 7.60. The highest BCUT2D eigenvalue weighted by atomic mass is 32.2. The Bertz CT molecular complexity index is 1040. The molecule has 1 aromatic heterocycles. The van der Waals surface area contributed by atoms with Crippen LogP contribution in [0.2, 0.25) is 0 Å². The Labute approximate surface area is 146 Å². The molecular weight excluding hydrogens is 336 g/mol. The topological polar surface area (TPSA) is 69.2 Å². The highest BCUT2D eigenvalue weighted by Gasteiger charge is 2.19. The van der Waals surface area contributed by atoms with E-state index in [4.69, 9.17) is 4.74 Å². The first kappa shape index (κ1) is 16.7. The zero-order chi connectivity index (χ0) is 17.7. The normalized spacial score (nSPS) is 10.6. The summed E-state index contributed by atoms with van der Waals surface area (Å²) in [6.07, 6.45) is 0. The van der Waals surface area contributed by atoms with Crippen LogP contribution >= 0.6 is 0 Å². The third-order valence-corrected chi connectivity index (χ3v) is 5.03. The SMILES string of the molecule is COc1cccc(C#Cc2ccc(S(=O)(=O)c3ccccc3)nn2)c1. The van der Waals surface area contributed by atoms with Crippen LogP contribution < -0.4 is 4.74 Å². The molecule has 0 aliphatic heterocycles. The molecule has 124 valence electrons. The molecule has 6 heteroatoms. The van der Waals surface area contributed by atoms with Gasteiger partial charge in [0, 0.05) is 5.56 Å². The predicted molar refractivity (Wildman–Crippen MR) is 92.9 cm³/mol. The number of ether oxygens (including phenoxy) is 1. The number of sulfone groups is 1. The predicted octanol–water partition coefficient (Wildman–Crippen LogP) is 2.72. The second kappa shape index (κ2) is 7.16. The van der Waals surface area contributed by atoms with Gasteiger partial charge in [-0.15, -0.1) is 10.2 Å². The highest BCUT2D eigenvalue weighted by Crippen LogP contribution is 2.17. The summed E-state index contributed by atoms with van der Waals surface area (Å²) >= 11 is 0. The van der Waals surface area contributed by atoms with Crippen LogP contribution in [-0.2, 0) is 9.84 Å². The summed E-state index contributed by atoms with van der Waals surface area (Å²) in [4.78, 5) is 0.180. The number of nitrogens with zero attached hydrogens (tertiary/aromatic N) is 2. The van der Waals surface area contributed by atoms with Gasteiger partial charge in [-0.25, -0.2) is 8.42 Å². The molecule has 25 heavy (non-hydrogen) atoms. The maximum Gasteiger partial charge on any atom is 0.225 e. The Kier molecular flexibility index (Phi) is 4.78. The van der Waals surface area contributed by atoms with Crippen LogP contribution in [0.5, 0.6) is 5.75 Å². The van der Waals surface area contributed by atoms with E-state index in [1.54, 1.807) is 31.4 Å². The van der Waals surface area contributed by atoms with Gasteiger partial charge in [0.15, 0.2) is 5.03 Å². The fourth-order valence-electron chi connectivity index (χ4n) is 2.09. The van der Waals surface area contributed by atoms with E-state index < -0.39 is 9.84 Å². The molecule has 2 aromatic carbocycles. The van der Waals surface area contributed by atoms with Crippen molar-refractivity contribution in [3.63, 3.8) is 0 Å². The Morgan fingerprint density at radius 1 is 0.880 bits per heavy atom. The lowest BCUT2D eigenvalue weighted by Gasteiger charge is -2.02. The number of hydrogen-bond acceptors (Lipinski definition) is 5. The van der Waals surface area contributed by atoms with Crippen molar-refractivity contribution in [2.75, 3.05) is 7.11 Å². The zero-order valence-corrected chi connectivity index (χ0v) is 14.2. The van der Waals surface area contributed by atoms with Gasteiger partial charge >= 0.3 is 0 Å². The van der Waals surface area contributed by atoms with Crippen molar-refractivity contribution >= 4 is 9.84 Å². The number of methoxy groups -OCH3 is 1. The largest absolute Gasteiger partial charge is 0.497 e. The standard InChI is InChI=1S/C19H14N2O3S/c1-24-17-7-5-6-15(14-17)10-11-16-12-13-19(21-20-16)25(22,23)18-8-3-2-4-9-18/h2-9,12-14H,1H3. The summed E-state index contributed by atoms with van der Waals surface area (Å²) in [6, 6.07) is 18.4. The van der Waals surface area contributed by atoms with Crippen LogP contribution in [0.1, 0.15) is 11.3 Å². The first-order valence-electron chi connectivity index (χ1n) is 7.39. The molecule has 0 amide bonds. The van der Waals surface area contributed by atoms with E-state index in [-0.39, 0.29) is 9.92 Å². The van der Waals surface area contributed by atoms with Gasteiger partial charge in [-0.3, -0.25) is 0 Å². The van der Waals surface area contributed by atoms with Crippen molar-refractivity contribution in [1.29, 1.82) is 0 Å². The first-order chi connectivity index (χ1) is 12.1. The summed E-state index contributed by atoms with van der Waals surface area (Å²) in [7, 11) is -2.08. The molecule has 0 saturated carbocycles. The van der Waals surface area contributed by atoms with Crippen LogP contribution in [0.3, 0.4) is 0 Å². The van der Waals surface area contributed by atoms with Gasteiger partial charge in [0.1, 0.15) is 11.4 Å². The molecule has 3 rings (SSSR count). The maximum absolute atomic E-state index is 12.4. The van der Waals surface area contributed by atoms with E-state index in [0.29, 0.717) is 11.4 Å². The lowest BCUT2D eigenvalue weighted by atomic mass is 10.2. The average Bonchev–Trinajstić information content (AvgIpc) is 2.67. The van der Waals surface area contributed by atoms with Gasteiger partial charge in [0.2, 0.25) is 9.84 Å². The van der Waals surface area contributed by atoms with Crippen molar-refractivity contribution in [1.82, 2.24) is 10.2 Å². The molecule has 0 bridgehead atoms. The maximum atomic E-state index is 12.4. The zero-order valence-electron chi connectivity index (χ0n) is 13.4. The van der Waals surface area contributed by atoms with E-state index in [2.05, 4.69) is 22.0 Å². The van der Waals surface area contributed by atoms with Crippen LogP contribution in [0, 0.1) is 11.8 Å². The van der Waals surface area contributed by atoms with E-state index >= 15 is 0 Å². The van der Waals surface area contributed by atoms with E-state index in [1.165, 1.54) is 24.3 Å². The van der Waals surface area contributed by atoms with E-state index in [0.717, 1.165) is 5.56 Å². The Morgan fingerprint density at radius 3 is 2.36 bits per heavy atom. The highest BCUT2D eigenvalue weighted by molar-refractivity contribution is 7.91. The molecule has 0 N–H and O–H groups in total. The third-order valence-electron chi connectivity index (χ3n) is 3.37. The molecule has 0 aliphatic rings. The summed E-state index contributed by atoms with van der Waals surface area (Å²) < 4.78 is 30.0. The third kappa shape index (κ3) is 3.84. The molecule has 0 aliphatic carbocycles. The lowest BCUT2D eigenvalue weighted by Crippen LogP contribution is -2.05. The van der Waals surface area contributed by atoms with Crippen molar-refractivity contribution in [2.45, 2.75) is 9.92 Å². The van der Waals surface area contributed by atoms with Gasteiger partial charge in [-0.2, -0.15) is 0 Å². The molecule has 3 aromatic rings. The van der Waals surface area contributed by atoms with Gasteiger partial charge < -0.3 is 4.74 Å². The smallest absolute Gasteiger partial charge is 0.225 e. The minimum absolute atomic E-state index is 0.106. The van der Waals surface area contributed by atoms with Gasteiger partial charge in [0.25, 0.3) is 0 Å². The molecule has 5 nitrogen and oxygen atoms in total. The van der Waals surface area contributed by atoms with Gasteiger partial charge in [-0.05, 0) is 48.4 Å². The Hall–Kier alpha value is -3.17. The van der Waals surface area contributed by atoms with Gasteiger partial charge in [0.05, 0.1) is 12.0 Å². The molecule has 0 radical (unpaired) electrons. The average molecular weight is 350 g/mol. The molecule has 0 saturated heterocycles. The van der Waals surface area contributed by atoms with Crippen molar-refractivity contribution < 1.29 is 13.2 Å². The summed E-state index contributed by atoms with van der Waals surface area (Å²) in [5.74, 6) is 6.51. The molecule has 0 unspecified atom stereocenters. The summed E-state index contributed by atoms with van der Waals surface area (Å²) in [5.41, 5.74) is 1.15. The summed E-state index contributed by atoms with van der Waals surface area (Å²) in [6.45, 7) is 0. The minimum atomic E-state index is -3.67. The Morgan fingerprint density at radius 2 is 1.68 bits per heavy atom. The van der Waals surface area contributed by atoms with Crippen LogP contribution in [-0.4, -0.2) is 25.7 Å². The number of hydrogen-bond donors (Lipinski definition) is 0. The molecule has 0 spiro atoms. The number of benzene rings is 2. The monoisotopic (exact) mass is 350 g/mol. The van der Waals surface area contributed by atoms with Gasteiger partial charge in [-0.1, -0.05) is 30.2 Å². The quantitative estimate of drug-likeness (QED) is 0.680. The van der Waals surface area contributed by atoms with Crippen molar-refractivity contribution in [3.05, 3.63) is 78.0 Å². The van der Waals surface area contributed by atoms with E-state index in [1.807, 2.05) is 18.2 Å². The lowest BCUT2D eigenvalue weighted by molar-refractivity contribution is 0.414. The molecule has 0 fully saturated rings. The Balaban J connectivity index is 1.85. The van der Waals surface area contributed by atoms with Crippen molar-refractivity contribution in [2.24, 2.45) is 0 Å². The fraction of sp³-hybridized carbons (Fsp3) is 0.0526. The molecule has 1 heterocycles. The second-order valence-corrected chi connectivity index (χ2v) is 6.95. The van der Waals surface area contributed by atoms with E-state index in [9.17, 15) is 8.42 Å². The van der Waals surface area contributed by atoms with Crippen LogP contribution in [0.15, 0.2) is 76.7 Å². The first-order valence-corrected chi connectivity index (χ1v) is 8.88. The number of rotatable bonds is 3. The van der Waals surface area contributed by atoms with Crippen LogP contribution in [0.25, 0.3) is 0 Å². The van der Waals surface area contributed by atoms with Crippen LogP contribution in [0.4, 0.5) is 0 Å². The minimum Gasteiger partial charge on any atom is -0.497 e. The molecule has 0 atom stereocenters. The second-order valence-electron chi connectivity index (χ2n) is 5.06. The van der Waals surface area contributed by atoms with Crippen molar-refractivity contribution in [3.8, 4) is 17.6 Å². The molecular formula is C19H14N2O3S. The number of aromatic nitrogens is 2.